The number of aliphatic carboxylic acids is 1. The summed E-state index contributed by atoms with van der Waals surface area (Å²) in [4.78, 5) is 11.1. The van der Waals surface area contributed by atoms with Crippen LogP contribution in [0.15, 0.2) is 18.2 Å². The summed E-state index contributed by atoms with van der Waals surface area (Å²) in [5.41, 5.74) is 5.72. The van der Waals surface area contributed by atoms with Gasteiger partial charge in [-0.3, -0.25) is 4.79 Å². The number of nitrogens with two attached hydrogens (primary N) is 1. The van der Waals surface area contributed by atoms with Crippen LogP contribution in [0.1, 0.15) is 12.5 Å². The van der Waals surface area contributed by atoms with Crippen molar-refractivity contribution in [2.75, 3.05) is 12.0 Å². The smallest absolute Gasteiger partial charge is 0.324 e. The van der Waals surface area contributed by atoms with E-state index < -0.39 is 16.5 Å². The van der Waals surface area contributed by atoms with Crippen molar-refractivity contribution in [2.24, 2.45) is 0 Å². The van der Waals surface area contributed by atoms with Crippen molar-refractivity contribution in [3.05, 3.63) is 29.6 Å². The molecule has 0 fully saturated rings. The van der Waals surface area contributed by atoms with E-state index in [4.69, 9.17) is 10.8 Å². The zero-order chi connectivity index (χ0) is 11.6. The molecule has 82 valence electrons. The molecule has 0 saturated heterocycles. The lowest BCUT2D eigenvalue weighted by molar-refractivity contribution is -0.139. The number of para-hydroxylation sites is 1. The number of nitrogen functional groups attached to an aromatic ring is 1. The Morgan fingerprint density at radius 2 is 2.20 bits per heavy atom. The predicted molar refractivity (Wildman–Crippen MR) is 59.3 cm³/mol. The molecule has 0 aromatic heterocycles. The maximum absolute atomic E-state index is 13.2. The Kier molecular flexibility index (Phi) is 3.24. The molecule has 1 aromatic carbocycles. The Labute approximate surface area is 91.5 Å². The van der Waals surface area contributed by atoms with Crippen LogP contribution in [0.3, 0.4) is 0 Å². The van der Waals surface area contributed by atoms with E-state index in [9.17, 15) is 9.18 Å². The minimum Gasteiger partial charge on any atom is -0.480 e. The highest BCUT2D eigenvalue weighted by molar-refractivity contribution is 8.00. The largest absolute Gasteiger partial charge is 0.480 e. The molecule has 5 heteroatoms. The minimum atomic E-state index is -1.22. The fourth-order valence-electron chi connectivity index (χ4n) is 1.27. The lowest BCUT2D eigenvalue weighted by Crippen LogP contribution is -2.29. The highest BCUT2D eigenvalue weighted by atomic mass is 32.2. The van der Waals surface area contributed by atoms with Crippen molar-refractivity contribution in [1.29, 1.82) is 0 Å². The van der Waals surface area contributed by atoms with E-state index in [1.54, 1.807) is 6.26 Å². The molecule has 0 aliphatic carbocycles. The summed E-state index contributed by atoms with van der Waals surface area (Å²) in [5.74, 6) is -1.62. The van der Waals surface area contributed by atoms with Crippen LogP contribution in [0.2, 0.25) is 0 Å². The number of anilines is 1. The summed E-state index contributed by atoms with van der Waals surface area (Å²) in [6, 6.07) is 4.20. The Morgan fingerprint density at radius 3 is 2.67 bits per heavy atom. The number of carboxylic acid groups (broad SMARTS) is 1. The summed E-state index contributed by atoms with van der Waals surface area (Å²) >= 11 is 1.11. The van der Waals surface area contributed by atoms with E-state index in [0.29, 0.717) is 5.56 Å². The van der Waals surface area contributed by atoms with E-state index in [0.717, 1.165) is 11.8 Å². The number of benzene rings is 1. The van der Waals surface area contributed by atoms with Crippen LogP contribution >= 0.6 is 11.8 Å². The molecule has 0 aliphatic rings. The molecule has 3 N–H and O–H groups in total. The molecular weight excluding hydrogens is 217 g/mol. The molecule has 1 rings (SSSR count). The maximum atomic E-state index is 13.2. The van der Waals surface area contributed by atoms with Gasteiger partial charge < -0.3 is 10.8 Å². The fourth-order valence-corrected chi connectivity index (χ4v) is 1.84. The van der Waals surface area contributed by atoms with Gasteiger partial charge in [-0.15, -0.1) is 11.8 Å². The normalized spacial score (nSPS) is 14.6. The number of carbonyl (C=O) groups is 1. The lowest BCUT2D eigenvalue weighted by Gasteiger charge is -2.24. The van der Waals surface area contributed by atoms with Crippen LogP contribution in [0.4, 0.5) is 10.1 Å². The van der Waals surface area contributed by atoms with Crippen molar-refractivity contribution < 1.29 is 14.3 Å². The van der Waals surface area contributed by atoms with Crippen LogP contribution in [0.25, 0.3) is 0 Å². The number of rotatable bonds is 3. The standard InChI is InChI=1S/C10H12FNO2S/c1-10(15-2,9(13)14)6-4-3-5-7(11)8(6)12/h3-5H,12H2,1-2H3,(H,13,14). The van der Waals surface area contributed by atoms with Gasteiger partial charge in [0.05, 0.1) is 5.69 Å². The first-order chi connectivity index (χ1) is 6.93. The molecule has 1 aromatic rings. The molecule has 0 amide bonds. The number of hydrogen-bond donors (Lipinski definition) is 2. The van der Waals surface area contributed by atoms with E-state index in [-0.39, 0.29) is 5.69 Å². The third kappa shape index (κ3) is 1.92. The van der Waals surface area contributed by atoms with Gasteiger partial charge >= 0.3 is 5.97 Å². The number of carboxylic acids is 1. The minimum absolute atomic E-state index is 0.100. The molecule has 0 spiro atoms. The molecule has 0 radical (unpaired) electrons. The van der Waals surface area contributed by atoms with E-state index >= 15 is 0 Å². The van der Waals surface area contributed by atoms with Gasteiger partial charge in [-0.2, -0.15) is 0 Å². The van der Waals surface area contributed by atoms with Crippen molar-refractivity contribution in [2.45, 2.75) is 11.7 Å². The molecular formula is C10H12FNO2S. The Morgan fingerprint density at radius 1 is 1.60 bits per heavy atom. The third-order valence-electron chi connectivity index (χ3n) is 2.38. The first kappa shape index (κ1) is 11.8. The molecule has 3 nitrogen and oxygen atoms in total. The van der Waals surface area contributed by atoms with Crippen LogP contribution in [-0.4, -0.2) is 17.3 Å². The first-order valence-electron chi connectivity index (χ1n) is 4.26. The molecule has 1 atom stereocenters. The SMILES string of the molecule is CSC(C)(C(=O)O)c1cccc(F)c1N. The van der Waals surface area contributed by atoms with Crippen LogP contribution in [0, 0.1) is 5.82 Å². The fraction of sp³-hybridized carbons (Fsp3) is 0.300. The van der Waals surface area contributed by atoms with Gasteiger partial charge in [0.2, 0.25) is 0 Å². The monoisotopic (exact) mass is 229 g/mol. The van der Waals surface area contributed by atoms with Gasteiger partial charge in [0.1, 0.15) is 10.6 Å². The summed E-state index contributed by atoms with van der Waals surface area (Å²) in [5, 5.41) is 9.10. The quantitative estimate of drug-likeness (QED) is 0.779. The van der Waals surface area contributed by atoms with Crippen LogP contribution in [-0.2, 0) is 9.54 Å². The summed E-state index contributed by atoms with van der Waals surface area (Å²) in [6.45, 7) is 1.51. The van der Waals surface area contributed by atoms with Crippen LogP contribution < -0.4 is 5.73 Å². The molecule has 1 unspecified atom stereocenters. The van der Waals surface area contributed by atoms with Crippen LogP contribution in [0.5, 0.6) is 0 Å². The van der Waals surface area contributed by atoms with Crippen molar-refractivity contribution in [1.82, 2.24) is 0 Å². The first-order valence-corrected chi connectivity index (χ1v) is 5.49. The molecule has 0 heterocycles. The van der Waals surface area contributed by atoms with Gasteiger partial charge in [0.25, 0.3) is 0 Å². The average molecular weight is 229 g/mol. The lowest BCUT2D eigenvalue weighted by atomic mass is 9.98. The summed E-state index contributed by atoms with van der Waals surface area (Å²) in [7, 11) is 0. The third-order valence-corrected chi connectivity index (χ3v) is 3.59. The van der Waals surface area contributed by atoms with Gasteiger partial charge in [-0.05, 0) is 19.2 Å². The second-order valence-electron chi connectivity index (χ2n) is 3.24. The van der Waals surface area contributed by atoms with Crippen molar-refractivity contribution in [3.8, 4) is 0 Å². The maximum Gasteiger partial charge on any atom is 0.324 e. The molecule has 15 heavy (non-hydrogen) atoms. The topological polar surface area (TPSA) is 63.3 Å². The second-order valence-corrected chi connectivity index (χ2v) is 4.47. The molecule has 0 bridgehead atoms. The number of thioether (sulfide) groups is 1. The molecule has 0 saturated carbocycles. The van der Waals surface area contributed by atoms with E-state index in [1.807, 2.05) is 0 Å². The predicted octanol–water partition coefficient (Wildman–Crippen LogP) is 2.07. The highest BCUT2D eigenvalue weighted by Gasteiger charge is 2.36. The molecule has 0 aliphatic heterocycles. The van der Waals surface area contributed by atoms with E-state index in [2.05, 4.69) is 0 Å². The van der Waals surface area contributed by atoms with E-state index in [1.165, 1.54) is 25.1 Å². The zero-order valence-electron chi connectivity index (χ0n) is 8.45. The Hall–Kier alpha value is -1.23. The van der Waals surface area contributed by atoms with Gasteiger partial charge in [0, 0.05) is 5.56 Å². The summed E-state index contributed by atoms with van der Waals surface area (Å²) in [6.07, 6.45) is 1.65. The number of hydrogen-bond acceptors (Lipinski definition) is 3. The van der Waals surface area contributed by atoms with Gasteiger partial charge in [-0.25, -0.2) is 4.39 Å². The Bertz CT molecular complexity index is 397. The van der Waals surface area contributed by atoms with Crippen molar-refractivity contribution >= 4 is 23.4 Å². The Balaban J connectivity index is 3.37. The number of halogens is 1. The summed E-state index contributed by atoms with van der Waals surface area (Å²) < 4.78 is 12.0. The van der Waals surface area contributed by atoms with Gasteiger partial charge in [-0.1, -0.05) is 12.1 Å². The average Bonchev–Trinajstić information content (AvgIpc) is 2.20. The van der Waals surface area contributed by atoms with Crippen molar-refractivity contribution in [3.63, 3.8) is 0 Å². The highest BCUT2D eigenvalue weighted by Crippen LogP contribution is 2.38. The second kappa shape index (κ2) is 4.10. The zero-order valence-corrected chi connectivity index (χ0v) is 9.27. The van der Waals surface area contributed by atoms with Gasteiger partial charge in [0.15, 0.2) is 0 Å².